The van der Waals surface area contributed by atoms with E-state index >= 15 is 0 Å². The highest BCUT2D eigenvalue weighted by Crippen LogP contribution is 2.43. The summed E-state index contributed by atoms with van der Waals surface area (Å²) in [5.74, 6) is 0. The van der Waals surface area contributed by atoms with Crippen LogP contribution < -0.4 is 9.80 Å². The number of anilines is 6. The van der Waals surface area contributed by atoms with Gasteiger partial charge in [0.2, 0.25) is 0 Å². The van der Waals surface area contributed by atoms with Gasteiger partial charge in [-0.3, -0.25) is 0 Å². The van der Waals surface area contributed by atoms with Gasteiger partial charge < -0.3 is 9.80 Å². The quantitative estimate of drug-likeness (QED) is 0.206. The fourth-order valence-corrected chi connectivity index (χ4v) is 6.27. The first kappa shape index (κ1) is 25.8. The van der Waals surface area contributed by atoms with Crippen LogP contribution in [0.3, 0.4) is 0 Å². The zero-order chi connectivity index (χ0) is 29.3. The number of nitrogens with zero attached hydrogens (tertiary/aromatic N) is 2. The van der Waals surface area contributed by atoms with Gasteiger partial charge in [-0.15, -0.1) is 0 Å². The smallest absolute Gasteiger partial charge is 0.0540 e. The van der Waals surface area contributed by atoms with Crippen LogP contribution in [-0.4, -0.2) is 0 Å². The second-order valence-electron chi connectivity index (χ2n) is 11.0. The second kappa shape index (κ2) is 11.1. The maximum Gasteiger partial charge on any atom is 0.0540 e. The first-order chi connectivity index (χ1) is 21.8. The van der Waals surface area contributed by atoms with Crippen molar-refractivity contribution in [2.75, 3.05) is 9.80 Å². The minimum atomic E-state index is 1.12. The predicted octanol–water partition coefficient (Wildman–Crippen LogP) is 11.9. The van der Waals surface area contributed by atoms with E-state index in [0.29, 0.717) is 0 Å². The minimum absolute atomic E-state index is 1.12. The van der Waals surface area contributed by atoms with Gasteiger partial charge in [-0.05, 0) is 82.2 Å². The van der Waals surface area contributed by atoms with Gasteiger partial charge >= 0.3 is 0 Å². The first-order valence-corrected chi connectivity index (χ1v) is 15.0. The molecule has 1 aliphatic heterocycles. The summed E-state index contributed by atoms with van der Waals surface area (Å²) in [6.45, 7) is 0. The lowest BCUT2D eigenvalue weighted by Crippen LogP contribution is -2.11. The molecule has 0 amide bonds. The van der Waals surface area contributed by atoms with E-state index in [1.807, 2.05) is 0 Å². The van der Waals surface area contributed by atoms with Crippen molar-refractivity contribution in [2.24, 2.45) is 0 Å². The zero-order valence-electron chi connectivity index (χ0n) is 24.2. The molecule has 0 N–H and O–H groups in total. The Kier molecular flexibility index (Phi) is 6.51. The molecular weight excluding hydrogens is 532 g/mol. The Balaban J connectivity index is 1.15. The average molecular weight is 563 g/mol. The fourth-order valence-electron chi connectivity index (χ4n) is 6.27. The van der Waals surface area contributed by atoms with Crippen molar-refractivity contribution in [3.63, 3.8) is 0 Å². The molecule has 1 aliphatic rings. The third-order valence-electron chi connectivity index (χ3n) is 8.40. The molecule has 7 aromatic carbocycles. The molecule has 8 rings (SSSR count). The largest absolute Gasteiger partial charge is 0.310 e. The number of hydrogen-bond acceptors (Lipinski definition) is 2. The third kappa shape index (κ3) is 4.63. The number of hydrogen-bond donors (Lipinski definition) is 0. The van der Waals surface area contributed by atoms with E-state index in [2.05, 4.69) is 192 Å². The van der Waals surface area contributed by atoms with Crippen LogP contribution in [0.5, 0.6) is 0 Å². The van der Waals surface area contributed by atoms with E-state index in [-0.39, 0.29) is 0 Å². The highest BCUT2D eigenvalue weighted by Gasteiger charge is 2.20. The summed E-state index contributed by atoms with van der Waals surface area (Å²) in [6.07, 6.45) is 4.42. The van der Waals surface area contributed by atoms with E-state index in [0.717, 1.165) is 17.1 Å². The maximum atomic E-state index is 2.36. The summed E-state index contributed by atoms with van der Waals surface area (Å²) >= 11 is 0. The van der Waals surface area contributed by atoms with E-state index in [4.69, 9.17) is 0 Å². The average Bonchev–Trinajstić information content (AvgIpc) is 3.26. The van der Waals surface area contributed by atoms with E-state index in [1.165, 1.54) is 50.1 Å². The Labute approximate surface area is 258 Å². The van der Waals surface area contributed by atoms with E-state index in [1.54, 1.807) is 0 Å². The summed E-state index contributed by atoms with van der Waals surface area (Å²) in [4.78, 5) is 4.71. The molecule has 0 spiro atoms. The van der Waals surface area contributed by atoms with Crippen molar-refractivity contribution in [2.45, 2.75) is 0 Å². The van der Waals surface area contributed by atoms with Gasteiger partial charge in [0.25, 0.3) is 0 Å². The molecule has 0 fully saturated rings. The van der Waals surface area contributed by atoms with Crippen molar-refractivity contribution in [3.8, 4) is 11.1 Å². The summed E-state index contributed by atoms with van der Waals surface area (Å²) in [5, 5.41) is 2.46. The number of rotatable bonds is 5. The molecule has 2 heteroatoms. The molecule has 208 valence electrons. The molecule has 0 aromatic heterocycles. The van der Waals surface area contributed by atoms with Crippen molar-refractivity contribution in [3.05, 3.63) is 181 Å². The molecule has 1 heterocycles. The van der Waals surface area contributed by atoms with Gasteiger partial charge in [0, 0.05) is 22.4 Å². The summed E-state index contributed by atoms with van der Waals surface area (Å²) < 4.78 is 0. The zero-order valence-corrected chi connectivity index (χ0v) is 24.2. The third-order valence-corrected chi connectivity index (χ3v) is 8.40. The topological polar surface area (TPSA) is 6.48 Å². The summed E-state index contributed by atoms with van der Waals surface area (Å²) in [5.41, 5.74) is 11.7. The van der Waals surface area contributed by atoms with Crippen LogP contribution in [0.1, 0.15) is 11.1 Å². The molecular formula is C42H30N2. The maximum absolute atomic E-state index is 2.36. The predicted molar refractivity (Wildman–Crippen MR) is 188 cm³/mol. The lowest BCUT2D eigenvalue weighted by atomic mass is 10.0. The normalized spacial score (nSPS) is 12.0. The highest BCUT2D eigenvalue weighted by molar-refractivity contribution is 5.99. The molecule has 2 nitrogen and oxygen atoms in total. The molecule has 0 atom stereocenters. The Morgan fingerprint density at radius 3 is 1.59 bits per heavy atom. The van der Waals surface area contributed by atoms with Crippen molar-refractivity contribution >= 4 is 57.0 Å². The van der Waals surface area contributed by atoms with Gasteiger partial charge in [-0.1, -0.05) is 127 Å². The van der Waals surface area contributed by atoms with Crippen LogP contribution in [0.15, 0.2) is 170 Å². The van der Waals surface area contributed by atoms with Crippen LogP contribution in [0.2, 0.25) is 0 Å². The SMILES string of the molecule is C1=Cc2ccccc2N(c2ccc(-c3ccc(N(c4ccccc4)c4cccc5ccccc45)cc3)cc2)c2ccccc21. The molecule has 7 aromatic rings. The standard InChI is InChI=1S/C42H30N2/c1-2-15-36(16-3-1)43(42-20-10-14-33-11-4-7-17-39(33)42)37-27-23-31(24-28-37)32-25-29-38(30-26-32)44-40-18-8-5-12-34(40)21-22-35-13-6-9-19-41(35)44/h1-30H. The van der Waals surface area contributed by atoms with E-state index < -0.39 is 0 Å². The monoisotopic (exact) mass is 562 g/mol. The van der Waals surface area contributed by atoms with Crippen molar-refractivity contribution < 1.29 is 0 Å². The van der Waals surface area contributed by atoms with E-state index in [9.17, 15) is 0 Å². The first-order valence-electron chi connectivity index (χ1n) is 15.0. The van der Waals surface area contributed by atoms with Gasteiger partial charge in [0.1, 0.15) is 0 Å². The van der Waals surface area contributed by atoms with Crippen LogP contribution in [-0.2, 0) is 0 Å². The summed E-state index contributed by atoms with van der Waals surface area (Å²) in [6, 6.07) is 60.7. The number of para-hydroxylation sites is 3. The number of fused-ring (bicyclic) bond motifs is 3. The van der Waals surface area contributed by atoms with Gasteiger partial charge in [0.05, 0.1) is 17.1 Å². The Bertz CT molecular complexity index is 2050. The van der Waals surface area contributed by atoms with Gasteiger partial charge in [-0.2, -0.15) is 0 Å². The van der Waals surface area contributed by atoms with Crippen molar-refractivity contribution in [1.82, 2.24) is 0 Å². The molecule has 0 unspecified atom stereocenters. The van der Waals surface area contributed by atoms with Crippen LogP contribution in [0.25, 0.3) is 34.1 Å². The van der Waals surface area contributed by atoms with Crippen LogP contribution in [0.4, 0.5) is 34.1 Å². The molecule has 0 bridgehead atoms. The lowest BCUT2D eigenvalue weighted by molar-refractivity contribution is 1.28. The van der Waals surface area contributed by atoms with Gasteiger partial charge in [0.15, 0.2) is 0 Å². The van der Waals surface area contributed by atoms with Crippen LogP contribution in [0, 0.1) is 0 Å². The lowest BCUT2D eigenvalue weighted by Gasteiger charge is -2.27. The molecule has 44 heavy (non-hydrogen) atoms. The van der Waals surface area contributed by atoms with Crippen molar-refractivity contribution in [1.29, 1.82) is 0 Å². The Morgan fingerprint density at radius 2 is 0.909 bits per heavy atom. The van der Waals surface area contributed by atoms with Crippen LogP contribution >= 0.6 is 0 Å². The molecule has 0 aliphatic carbocycles. The minimum Gasteiger partial charge on any atom is -0.310 e. The second-order valence-corrected chi connectivity index (χ2v) is 11.0. The highest BCUT2D eigenvalue weighted by atomic mass is 15.2. The molecule has 0 saturated heterocycles. The molecule has 0 saturated carbocycles. The number of benzene rings is 7. The Hall–Kier alpha value is -5.86. The summed E-state index contributed by atoms with van der Waals surface area (Å²) in [7, 11) is 0. The van der Waals surface area contributed by atoms with Gasteiger partial charge in [-0.25, -0.2) is 0 Å². The molecule has 0 radical (unpaired) electrons. The fraction of sp³-hybridized carbons (Fsp3) is 0. The Morgan fingerprint density at radius 1 is 0.386 bits per heavy atom.